The molecule has 1 saturated carbocycles. The number of benzene rings is 2. The Morgan fingerprint density at radius 2 is 1.56 bits per heavy atom. The number of urea groups is 1. The first kappa shape index (κ1) is 17.5. The van der Waals surface area contributed by atoms with Gasteiger partial charge < -0.3 is 16.0 Å². The van der Waals surface area contributed by atoms with Gasteiger partial charge in [0.25, 0.3) is 5.91 Å². The Morgan fingerprint density at radius 3 is 2.16 bits per heavy atom. The van der Waals surface area contributed by atoms with Gasteiger partial charge in [-0.2, -0.15) is 0 Å². The lowest BCUT2D eigenvalue weighted by Crippen LogP contribution is -2.30. The summed E-state index contributed by atoms with van der Waals surface area (Å²) in [6.45, 7) is 0. The zero-order chi connectivity index (χ0) is 18.0. The number of halogens is 3. The lowest BCUT2D eigenvalue weighted by atomic mass is 10.2. The van der Waals surface area contributed by atoms with E-state index >= 15 is 0 Å². The van der Waals surface area contributed by atoms with E-state index in [9.17, 15) is 14.0 Å². The van der Waals surface area contributed by atoms with Crippen molar-refractivity contribution in [1.29, 1.82) is 0 Å². The van der Waals surface area contributed by atoms with Gasteiger partial charge >= 0.3 is 6.03 Å². The molecule has 3 amide bonds. The van der Waals surface area contributed by atoms with Crippen molar-refractivity contribution >= 4 is 46.5 Å². The Labute approximate surface area is 153 Å². The summed E-state index contributed by atoms with van der Waals surface area (Å²) in [5.74, 6) is -1.29. The predicted molar refractivity (Wildman–Crippen MR) is 96.0 cm³/mol. The summed E-state index contributed by atoms with van der Waals surface area (Å²) in [5.41, 5.74) is 1.05. The molecule has 1 aliphatic carbocycles. The van der Waals surface area contributed by atoms with Crippen LogP contribution >= 0.6 is 23.2 Å². The largest absolute Gasteiger partial charge is 0.335 e. The quantitative estimate of drug-likeness (QED) is 0.673. The molecular weight excluding hydrogens is 368 g/mol. The van der Waals surface area contributed by atoms with E-state index in [0.29, 0.717) is 11.4 Å². The lowest BCUT2D eigenvalue weighted by Gasteiger charge is -2.10. The van der Waals surface area contributed by atoms with Gasteiger partial charge in [0.15, 0.2) is 0 Å². The fourth-order valence-electron chi connectivity index (χ4n) is 2.11. The molecule has 25 heavy (non-hydrogen) atoms. The van der Waals surface area contributed by atoms with Crippen molar-refractivity contribution < 1.29 is 14.0 Å². The number of amides is 3. The molecule has 0 atom stereocenters. The number of rotatable bonds is 4. The minimum absolute atomic E-state index is 0.0189. The summed E-state index contributed by atoms with van der Waals surface area (Å²) in [4.78, 5) is 23.9. The van der Waals surface area contributed by atoms with Crippen LogP contribution in [-0.2, 0) is 0 Å². The smallest absolute Gasteiger partial charge is 0.319 e. The minimum atomic E-state index is -0.725. The summed E-state index contributed by atoms with van der Waals surface area (Å²) < 4.78 is 13.5. The minimum Gasteiger partial charge on any atom is -0.335 e. The Kier molecular flexibility index (Phi) is 5.11. The van der Waals surface area contributed by atoms with Crippen molar-refractivity contribution in [3.63, 3.8) is 0 Å². The van der Waals surface area contributed by atoms with Crippen molar-refractivity contribution in [3.8, 4) is 0 Å². The zero-order valence-corrected chi connectivity index (χ0v) is 14.4. The molecule has 0 radical (unpaired) electrons. The van der Waals surface area contributed by atoms with Gasteiger partial charge in [-0.05, 0) is 49.2 Å². The van der Waals surface area contributed by atoms with Crippen LogP contribution < -0.4 is 16.0 Å². The van der Waals surface area contributed by atoms with E-state index in [1.54, 1.807) is 24.3 Å². The Bertz CT molecular complexity index is 823. The Morgan fingerprint density at radius 1 is 0.960 bits per heavy atom. The van der Waals surface area contributed by atoms with Gasteiger partial charge in [-0.15, -0.1) is 0 Å². The predicted octanol–water partition coefficient (Wildman–Crippen LogP) is 4.67. The number of hydrogen-bond acceptors (Lipinski definition) is 2. The van der Waals surface area contributed by atoms with Gasteiger partial charge in [-0.25, -0.2) is 9.18 Å². The normalized spacial score (nSPS) is 13.2. The van der Waals surface area contributed by atoms with Crippen LogP contribution in [0.1, 0.15) is 23.2 Å². The summed E-state index contributed by atoms with van der Waals surface area (Å²) in [6.07, 6.45) is 2.01. The van der Waals surface area contributed by atoms with Crippen molar-refractivity contribution in [2.24, 2.45) is 0 Å². The molecule has 3 rings (SSSR count). The molecule has 0 saturated heterocycles. The first-order chi connectivity index (χ1) is 11.9. The fourth-order valence-corrected chi connectivity index (χ4v) is 2.58. The highest BCUT2D eigenvalue weighted by atomic mass is 35.5. The number of carbonyl (C=O) groups excluding carboxylic acids is 2. The van der Waals surface area contributed by atoms with E-state index in [1.165, 1.54) is 6.07 Å². The third-order valence-electron chi connectivity index (χ3n) is 3.57. The van der Waals surface area contributed by atoms with Crippen molar-refractivity contribution in [1.82, 2.24) is 5.32 Å². The van der Waals surface area contributed by atoms with Crippen molar-refractivity contribution in [2.45, 2.75) is 18.9 Å². The summed E-state index contributed by atoms with van der Waals surface area (Å²) in [6, 6.07) is 8.69. The highest BCUT2D eigenvalue weighted by Crippen LogP contribution is 2.25. The van der Waals surface area contributed by atoms with E-state index < -0.39 is 11.7 Å². The van der Waals surface area contributed by atoms with Crippen molar-refractivity contribution in [3.05, 3.63) is 57.8 Å². The second-order valence-electron chi connectivity index (χ2n) is 5.65. The van der Waals surface area contributed by atoms with E-state index in [2.05, 4.69) is 16.0 Å². The summed E-state index contributed by atoms with van der Waals surface area (Å²) in [5, 5.41) is 8.02. The molecule has 1 aliphatic rings. The molecule has 2 aromatic rings. The van der Waals surface area contributed by atoms with Gasteiger partial charge in [-0.3, -0.25) is 4.79 Å². The molecule has 3 N–H and O–H groups in total. The lowest BCUT2D eigenvalue weighted by molar-refractivity contribution is 0.102. The average molecular weight is 382 g/mol. The first-order valence-electron chi connectivity index (χ1n) is 7.56. The standard InChI is InChI=1S/C17H14Cl2FN3O2/c18-13-8-14(19)15(20)7-12(13)16(24)21-9-1-3-10(4-2-9)22-17(25)23-11-5-6-11/h1-4,7-8,11H,5-6H2,(H,21,24)(H2,22,23,25). The van der Waals surface area contributed by atoms with Crippen LogP contribution in [0.2, 0.25) is 10.0 Å². The molecule has 0 aliphatic heterocycles. The molecule has 0 spiro atoms. The highest BCUT2D eigenvalue weighted by Gasteiger charge is 2.23. The fraction of sp³-hybridized carbons (Fsp3) is 0.176. The SMILES string of the molecule is O=C(Nc1ccc(NC(=O)c2cc(F)c(Cl)cc2Cl)cc1)NC1CC1. The number of anilines is 2. The molecule has 8 heteroatoms. The summed E-state index contributed by atoms with van der Waals surface area (Å²) in [7, 11) is 0. The van der Waals surface area contributed by atoms with Crippen LogP contribution in [0, 0.1) is 5.82 Å². The molecular formula is C17H14Cl2FN3O2. The van der Waals surface area contributed by atoms with E-state index in [-0.39, 0.29) is 27.7 Å². The highest BCUT2D eigenvalue weighted by molar-refractivity contribution is 6.37. The van der Waals surface area contributed by atoms with E-state index in [1.807, 2.05) is 0 Å². The molecule has 1 fully saturated rings. The summed E-state index contributed by atoms with van der Waals surface area (Å²) >= 11 is 11.5. The molecule has 0 aromatic heterocycles. The molecule has 130 valence electrons. The molecule has 0 unspecified atom stereocenters. The van der Waals surface area contributed by atoms with Crippen LogP contribution in [0.25, 0.3) is 0 Å². The number of nitrogens with one attached hydrogen (secondary N) is 3. The maximum Gasteiger partial charge on any atom is 0.319 e. The average Bonchev–Trinajstić information content (AvgIpc) is 3.36. The number of hydrogen-bond donors (Lipinski definition) is 3. The van der Waals surface area contributed by atoms with Crippen LogP contribution in [0.5, 0.6) is 0 Å². The first-order valence-corrected chi connectivity index (χ1v) is 8.31. The van der Waals surface area contributed by atoms with E-state index in [0.717, 1.165) is 18.9 Å². The maximum absolute atomic E-state index is 13.5. The van der Waals surface area contributed by atoms with Crippen LogP contribution in [0.4, 0.5) is 20.6 Å². The van der Waals surface area contributed by atoms with Gasteiger partial charge in [0.1, 0.15) is 5.82 Å². The Hall–Kier alpha value is -2.31. The zero-order valence-electron chi connectivity index (χ0n) is 12.9. The van der Waals surface area contributed by atoms with E-state index in [4.69, 9.17) is 23.2 Å². The third kappa shape index (κ3) is 4.61. The molecule has 5 nitrogen and oxygen atoms in total. The molecule has 0 bridgehead atoms. The third-order valence-corrected chi connectivity index (χ3v) is 4.17. The number of carbonyl (C=O) groups is 2. The van der Waals surface area contributed by atoms with Gasteiger partial charge in [0, 0.05) is 17.4 Å². The van der Waals surface area contributed by atoms with Crippen LogP contribution in [0.15, 0.2) is 36.4 Å². The second-order valence-corrected chi connectivity index (χ2v) is 6.46. The van der Waals surface area contributed by atoms with Gasteiger partial charge in [0.2, 0.25) is 0 Å². The van der Waals surface area contributed by atoms with Gasteiger partial charge in [-0.1, -0.05) is 23.2 Å². The Balaban J connectivity index is 1.63. The topological polar surface area (TPSA) is 70.2 Å². The second kappa shape index (κ2) is 7.29. The molecule has 2 aromatic carbocycles. The molecule has 0 heterocycles. The monoisotopic (exact) mass is 381 g/mol. The van der Waals surface area contributed by atoms with Gasteiger partial charge in [0.05, 0.1) is 15.6 Å². The van der Waals surface area contributed by atoms with Crippen LogP contribution in [-0.4, -0.2) is 18.0 Å². The van der Waals surface area contributed by atoms with Crippen molar-refractivity contribution in [2.75, 3.05) is 10.6 Å². The van der Waals surface area contributed by atoms with Crippen LogP contribution in [0.3, 0.4) is 0 Å². The maximum atomic E-state index is 13.5.